The number of oxime groups is 1. The number of nitrogens with one attached hydrogen (secondary N) is 1. The van der Waals surface area contributed by atoms with Crippen molar-refractivity contribution in [3.8, 4) is 0 Å². The molecule has 0 aliphatic carbocycles. The standard InChI is InChI=1S/C11H14N2O3/c1-8(13-15)9-4-3-5-10(6-9)12-11(14)7-16-2/h3-6,15H,7H2,1-2H3,(H,12,14)/b13-8+. The molecule has 0 fully saturated rings. The van der Waals surface area contributed by atoms with E-state index in [9.17, 15) is 4.79 Å². The van der Waals surface area contributed by atoms with Crippen LogP contribution in [0, 0.1) is 0 Å². The van der Waals surface area contributed by atoms with Crippen LogP contribution in [0.25, 0.3) is 0 Å². The molecule has 86 valence electrons. The Balaban J connectivity index is 2.79. The van der Waals surface area contributed by atoms with Crippen molar-refractivity contribution in [2.75, 3.05) is 19.0 Å². The number of rotatable bonds is 4. The SMILES string of the molecule is COCC(=O)Nc1cccc(/C(C)=N/O)c1. The Bertz CT molecular complexity index is 402. The molecule has 1 aromatic rings. The number of benzene rings is 1. The molecular formula is C11H14N2O3. The van der Waals surface area contributed by atoms with Gasteiger partial charge in [0.2, 0.25) is 5.91 Å². The second-order valence-electron chi connectivity index (χ2n) is 3.25. The fourth-order valence-corrected chi connectivity index (χ4v) is 1.21. The van der Waals surface area contributed by atoms with Crippen LogP contribution in [0.5, 0.6) is 0 Å². The fourth-order valence-electron chi connectivity index (χ4n) is 1.21. The summed E-state index contributed by atoms with van der Waals surface area (Å²) in [5.41, 5.74) is 1.88. The maximum absolute atomic E-state index is 11.2. The molecule has 0 saturated carbocycles. The van der Waals surface area contributed by atoms with E-state index < -0.39 is 0 Å². The van der Waals surface area contributed by atoms with Gasteiger partial charge in [0.25, 0.3) is 0 Å². The molecule has 5 nitrogen and oxygen atoms in total. The molecular weight excluding hydrogens is 208 g/mol. The first kappa shape index (κ1) is 12.2. The first-order valence-corrected chi connectivity index (χ1v) is 4.75. The van der Waals surface area contributed by atoms with Crippen molar-refractivity contribution >= 4 is 17.3 Å². The Labute approximate surface area is 93.7 Å². The molecule has 0 bridgehead atoms. The number of methoxy groups -OCH3 is 1. The number of anilines is 1. The fraction of sp³-hybridized carbons (Fsp3) is 0.273. The van der Waals surface area contributed by atoms with Gasteiger partial charge in [-0.2, -0.15) is 0 Å². The monoisotopic (exact) mass is 222 g/mol. The maximum atomic E-state index is 11.2. The predicted octanol–water partition coefficient (Wildman–Crippen LogP) is 1.47. The van der Waals surface area contributed by atoms with Crippen LogP contribution in [0.2, 0.25) is 0 Å². The number of amides is 1. The van der Waals surface area contributed by atoms with Crippen LogP contribution in [0.1, 0.15) is 12.5 Å². The normalized spacial score (nSPS) is 11.2. The van der Waals surface area contributed by atoms with E-state index in [0.29, 0.717) is 11.4 Å². The molecule has 1 rings (SSSR count). The number of carbonyl (C=O) groups is 1. The quantitative estimate of drug-likeness (QED) is 0.460. The molecule has 0 saturated heterocycles. The van der Waals surface area contributed by atoms with Crippen molar-refractivity contribution in [2.24, 2.45) is 5.16 Å². The average Bonchev–Trinajstić information content (AvgIpc) is 2.28. The lowest BCUT2D eigenvalue weighted by atomic mass is 10.1. The molecule has 0 heterocycles. The van der Waals surface area contributed by atoms with Gasteiger partial charge >= 0.3 is 0 Å². The predicted molar refractivity (Wildman–Crippen MR) is 60.9 cm³/mol. The minimum Gasteiger partial charge on any atom is -0.411 e. The highest BCUT2D eigenvalue weighted by Crippen LogP contribution is 2.11. The number of nitrogens with zero attached hydrogens (tertiary/aromatic N) is 1. The molecule has 0 radical (unpaired) electrons. The van der Waals surface area contributed by atoms with Crippen LogP contribution < -0.4 is 5.32 Å². The Hall–Kier alpha value is -1.88. The lowest BCUT2D eigenvalue weighted by Crippen LogP contribution is -2.17. The van der Waals surface area contributed by atoms with Crippen molar-refractivity contribution in [3.63, 3.8) is 0 Å². The zero-order valence-electron chi connectivity index (χ0n) is 9.23. The highest BCUT2D eigenvalue weighted by Gasteiger charge is 2.03. The van der Waals surface area contributed by atoms with E-state index in [0.717, 1.165) is 5.56 Å². The van der Waals surface area contributed by atoms with Crippen molar-refractivity contribution in [2.45, 2.75) is 6.92 Å². The van der Waals surface area contributed by atoms with Gasteiger partial charge in [0.15, 0.2) is 0 Å². The van der Waals surface area contributed by atoms with Gasteiger partial charge in [-0.25, -0.2) is 0 Å². The van der Waals surface area contributed by atoms with Crippen LogP contribution in [0.15, 0.2) is 29.4 Å². The first-order chi connectivity index (χ1) is 7.67. The summed E-state index contributed by atoms with van der Waals surface area (Å²) in [6.45, 7) is 1.69. The summed E-state index contributed by atoms with van der Waals surface area (Å²) < 4.78 is 4.70. The molecule has 16 heavy (non-hydrogen) atoms. The van der Waals surface area contributed by atoms with E-state index in [4.69, 9.17) is 9.94 Å². The minimum absolute atomic E-state index is 0.0112. The summed E-state index contributed by atoms with van der Waals surface area (Å²) in [4.78, 5) is 11.2. The van der Waals surface area contributed by atoms with Crippen LogP contribution in [0.3, 0.4) is 0 Å². The Morgan fingerprint density at radius 1 is 1.56 bits per heavy atom. The summed E-state index contributed by atoms with van der Waals surface area (Å²) in [6.07, 6.45) is 0. The van der Waals surface area contributed by atoms with Gasteiger partial charge in [0, 0.05) is 18.4 Å². The molecule has 0 aliphatic heterocycles. The number of hydrogen-bond donors (Lipinski definition) is 2. The minimum atomic E-state index is -0.224. The average molecular weight is 222 g/mol. The largest absolute Gasteiger partial charge is 0.411 e. The molecule has 0 aromatic heterocycles. The maximum Gasteiger partial charge on any atom is 0.250 e. The van der Waals surface area contributed by atoms with Gasteiger partial charge in [-0.15, -0.1) is 0 Å². The summed E-state index contributed by atoms with van der Waals surface area (Å²) in [5.74, 6) is -0.224. The molecule has 0 aliphatic rings. The Kier molecular flexibility index (Phi) is 4.47. The molecule has 0 atom stereocenters. The highest BCUT2D eigenvalue weighted by molar-refractivity contribution is 6.00. The van der Waals surface area contributed by atoms with Gasteiger partial charge in [0.05, 0.1) is 5.71 Å². The van der Waals surface area contributed by atoms with E-state index in [1.807, 2.05) is 0 Å². The first-order valence-electron chi connectivity index (χ1n) is 4.75. The van der Waals surface area contributed by atoms with Crippen LogP contribution in [-0.2, 0) is 9.53 Å². The molecule has 5 heteroatoms. The Morgan fingerprint density at radius 2 is 2.31 bits per heavy atom. The smallest absolute Gasteiger partial charge is 0.250 e. The molecule has 1 amide bonds. The Morgan fingerprint density at radius 3 is 2.94 bits per heavy atom. The van der Waals surface area contributed by atoms with Crippen molar-refractivity contribution in [3.05, 3.63) is 29.8 Å². The van der Waals surface area contributed by atoms with Gasteiger partial charge in [-0.05, 0) is 19.1 Å². The van der Waals surface area contributed by atoms with E-state index in [-0.39, 0.29) is 12.5 Å². The number of carbonyl (C=O) groups excluding carboxylic acids is 1. The molecule has 0 spiro atoms. The second kappa shape index (κ2) is 5.87. The summed E-state index contributed by atoms with van der Waals surface area (Å²) in [6, 6.07) is 7.04. The van der Waals surface area contributed by atoms with Gasteiger partial charge in [0.1, 0.15) is 6.61 Å². The summed E-state index contributed by atoms with van der Waals surface area (Å²) >= 11 is 0. The third-order valence-corrected chi connectivity index (χ3v) is 1.99. The number of hydrogen-bond acceptors (Lipinski definition) is 4. The van der Waals surface area contributed by atoms with Gasteiger partial charge in [-0.1, -0.05) is 17.3 Å². The highest BCUT2D eigenvalue weighted by atomic mass is 16.5. The third kappa shape index (κ3) is 3.36. The molecule has 1 aromatic carbocycles. The van der Waals surface area contributed by atoms with Crippen molar-refractivity contribution in [1.82, 2.24) is 0 Å². The lowest BCUT2D eigenvalue weighted by molar-refractivity contribution is -0.119. The van der Waals surface area contributed by atoms with Crippen LogP contribution in [0.4, 0.5) is 5.69 Å². The van der Waals surface area contributed by atoms with Gasteiger partial charge in [-0.3, -0.25) is 4.79 Å². The van der Waals surface area contributed by atoms with E-state index in [1.165, 1.54) is 7.11 Å². The molecule has 0 unspecified atom stereocenters. The number of ether oxygens (including phenoxy) is 1. The van der Waals surface area contributed by atoms with Crippen molar-refractivity contribution in [1.29, 1.82) is 0 Å². The van der Waals surface area contributed by atoms with Gasteiger partial charge < -0.3 is 15.3 Å². The van der Waals surface area contributed by atoms with Crippen LogP contribution >= 0.6 is 0 Å². The zero-order valence-corrected chi connectivity index (χ0v) is 9.23. The lowest BCUT2D eigenvalue weighted by Gasteiger charge is -2.06. The van der Waals surface area contributed by atoms with E-state index >= 15 is 0 Å². The summed E-state index contributed by atoms with van der Waals surface area (Å²) in [5, 5.41) is 14.4. The van der Waals surface area contributed by atoms with Crippen LogP contribution in [-0.4, -0.2) is 30.5 Å². The van der Waals surface area contributed by atoms with E-state index in [2.05, 4.69) is 10.5 Å². The van der Waals surface area contributed by atoms with Crippen molar-refractivity contribution < 1.29 is 14.7 Å². The topological polar surface area (TPSA) is 70.9 Å². The molecule has 2 N–H and O–H groups in total. The summed E-state index contributed by atoms with van der Waals surface area (Å²) in [7, 11) is 1.46. The second-order valence-corrected chi connectivity index (χ2v) is 3.25. The van der Waals surface area contributed by atoms with E-state index in [1.54, 1.807) is 31.2 Å². The third-order valence-electron chi connectivity index (χ3n) is 1.99. The zero-order chi connectivity index (χ0) is 12.0.